The largest absolute Gasteiger partial charge is 0.462 e. The van der Waals surface area contributed by atoms with Crippen molar-refractivity contribution in [2.24, 2.45) is 0 Å². The maximum Gasteiger partial charge on any atom is 0.306 e. The first-order chi connectivity index (χ1) is 38.5. The zero-order valence-corrected chi connectivity index (χ0v) is 51.2. The standard InChI is InChI=1S/C72H122O6/c1-4-7-10-13-16-19-22-25-28-31-32-33-34-35-36-37-38-39-40-42-44-47-50-53-56-59-62-65-71(74)77-68-69(67-76-70(73)64-61-58-55-52-49-46-43-30-27-24-21-18-15-12-9-6-3)78-72(75)66-63-60-57-54-51-48-45-41-29-26-23-20-17-14-11-8-5-2/h8,11,17,20-22,24-26,29-32,43,45,48,54,57,69H,4-7,9-10,12-16,18-19,23,27-28,33-42,44,46-47,49-53,55-56,58-68H2,1-3H3/b11-8-,20-17-,24-21-,25-22-,29-26-,32-31-,43-30-,48-45-,57-54-. The molecule has 0 fully saturated rings. The van der Waals surface area contributed by atoms with Gasteiger partial charge >= 0.3 is 17.9 Å². The molecular formula is C72H122O6. The molecule has 6 nitrogen and oxygen atoms in total. The Morgan fingerprint density at radius 3 is 0.833 bits per heavy atom. The molecule has 0 aliphatic carbocycles. The number of hydrogen-bond donors (Lipinski definition) is 0. The van der Waals surface area contributed by atoms with Crippen molar-refractivity contribution in [1.29, 1.82) is 0 Å². The Labute approximate surface area is 482 Å². The van der Waals surface area contributed by atoms with E-state index in [0.717, 1.165) is 109 Å². The van der Waals surface area contributed by atoms with Crippen molar-refractivity contribution in [2.75, 3.05) is 13.2 Å². The molecule has 0 aromatic rings. The first-order valence-electron chi connectivity index (χ1n) is 32.9. The third-order valence-corrected chi connectivity index (χ3v) is 14.0. The second-order valence-corrected chi connectivity index (χ2v) is 21.6. The summed E-state index contributed by atoms with van der Waals surface area (Å²) in [6.07, 6.45) is 89.7. The quantitative estimate of drug-likeness (QED) is 0.0261. The van der Waals surface area contributed by atoms with Crippen LogP contribution in [0.25, 0.3) is 0 Å². The van der Waals surface area contributed by atoms with Gasteiger partial charge in [0.05, 0.1) is 0 Å². The first-order valence-corrected chi connectivity index (χ1v) is 32.9. The molecule has 0 bridgehead atoms. The molecule has 1 unspecified atom stereocenters. The molecule has 0 heterocycles. The Kier molecular flexibility index (Phi) is 62.3. The van der Waals surface area contributed by atoms with Crippen LogP contribution in [0.3, 0.4) is 0 Å². The van der Waals surface area contributed by atoms with E-state index in [1.807, 2.05) is 0 Å². The fraction of sp³-hybridized carbons (Fsp3) is 0.708. The Balaban J connectivity index is 4.37. The van der Waals surface area contributed by atoms with E-state index < -0.39 is 6.10 Å². The monoisotopic (exact) mass is 1080 g/mol. The van der Waals surface area contributed by atoms with Crippen LogP contribution in [-0.4, -0.2) is 37.2 Å². The highest BCUT2D eigenvalue weighted by molar-refractivity contribution is 5.71. The van der Waals surface area contributed by atoms with Crippen molar-refractivity contribution in [3.63, 3.8) is 0 Å². The maximum atomic E-state index is 12.9. The molecule has 0 rings (SSSR count). The number of rotatable bonds is 59. The van der Waals surface area contributed by atoms with Crippen LogP contribution in [0.5, 0.6) is 0 Å². The first kappa shape index (κ1) is 74.1. The van der Waals surface area contributed by atoms with Crippen molar-refractivity contribution in [3.8, 4) is 0 Å². The number of allylic oxidation sites excluding steroid dienone is 18. The summed E-state index contributed by atoms with van der Waals surface area (Å²) in [5.74, 6) is -0.971. The second-order valence-electron chi connectivity index (χ2n) is 21.6. The van der Waals surface area contributed by atoms with Crippen molar-refractivity contribution in [3.05, 3.63) is 109 Å². The fourth-order valence-electron chi connectivity index (χ4n) is 9.07. The lowest BCUT2D eigenvalue weighted by atomic mass is 10.0. The lowest BCUT2D eigenvalue weighted by Gasteiger charge is -2.18. The van der Waals surface area contributed by atoms with Gasteiger partial charge in [0.2, 0.25) is 0 Å². The topological polar surface area (TPSA) is 78.9 Å². The van der Waals surface area contributed by atoms with E-state index >= 15 is 0 Å². The number of ether oxygens (including phenoxy) is 3. The highest BCUT2D eigenvalue weighted by Gasteiger charge is 2.19. The Hall–Kier alpha value is -3.93. The minimum atomic E-state index is -0.816. The number of unbranched alkanes of at least 4 members (excludes halogenated alkanes) is 30. The van der Waals surface area contributed by atoms with Gasteiger partial charge in [-0.3, -0.25) is 14.4 Å². The molecule has 0 spiro atoms. The summed E-state index contributed by atoms with van der Waals surface area (Å²) in [4.78, 5) is 38.3. The molecule has 446 valence electrons. The SMILES string of the molecule is CC/C=C\C/C=C\C/C=C\C/C=C\C/C=C\CCCC(=O)OC(COC(=O)CCCCCCC/C=C\C/C=C\CCCCCC)COC(=O)CCCCCCCCCCCCCCCCC/C=C\C/C=C\CCCCCCC. The molecule has 0 amide bonds. The summed E-state index contributed by atoms with van der Waals surface area (Å²) >= 11 is 0. The molecular weight excluding hydrogens is 961 g/mol. The van der Waals surface area contributed by atoms with Crippen molar-refractivity contribution in [1.82, 2.24) is 0 Å². The van der Waals surface area contributed by atoms with Crippen LogP contribution in [0.1, 0.15) is 310 Å². The van der Waals surface area contributed by atoms with E-state index in [1.54, 1.807) is 0 Å². The lowest BCUT2D eigenvalue weighted by molar-refractivity contribution is -0.167. The summed E-state index contributed by atoms with van der Waals surface area (Å²) in [6.45, 7) is 6.46. The van der Waals surface area contributed by atoms with E-state index in [-0.39, 0.29) is 37.5 Å². The molecule has 0 aliphatic rings. The minimum Gasteiger partial charge on any atom is -0.462 e. The van der Waals surface area contributed by atoms with Crippen LogP contribution in [0.15, 0.2) is 109 Å². The third kappa shape index (κ3) is 62.9. The van der Waals surface area contributed by atoms with Crippen LogP contribution in [0, 0.1) is 0 Å². The molecule has 6 heteroatoms. The second kappa shape index (κ2) is 65.6. The third-order valence-electron chi connectivity index (χ3n) is 14.0. The van der Waals surface area contributed by atoms with Crippen molar-refractivity contribution >= 4 is 17.9 Å². The van der Waals surface area contributed by atoms with Crippen LogP contribution < -0.4 is 0 Å². The van der Waals surface area contributed by atoms with E-state index in [0.29, 0.717) is 19.3 Å². The van der Waals surface area contributed by atoms with Gasteiger partial charge in [-0.05, 0) is 122 Å². The maximum absolute atomic E-state index is 12.9. The van der Waals surface area contributed by atoms with Crippen LogP contribution in [0.4, 0.5) is 0 Å². The van der Waals surface area contributed by atoms with Crippen molar-refractivity contribution in [2.45, 2.75) is 316 Å². The number of hydrogen-bond acceptors (Lipinski definition) is 6. The average Bonchev–Trinajstić information content (AvgIpc) is 3.44. The lowest BCUT2D eigenvalue weighted by Crippen LogP contribution is -2.30. The van der Waals surface area contributed by atoms with E-state index in [4.69, 9.17) is 14.2 Å². The molecule has 1 atom stereocenters. The normalized spacial score (nSPS) is 12.8. The van der Waals surface area contributed by atoms with Crippen LogP contribution in [0.2, 0.25) is 0 Å². The van der Waals surface area contributed by atoms with Gasteiger partial charge in [-0.15, -0.1) is 0 Å². The Morgan fingerprint density at radius 2 is 0.513 bits per heavy atom. The number of esters is 3. The highest BCUT2D eigenvalue weighted by Crippen LogP contribution is 2.16. The summed E-state index contributed by atoms with van der Waals surface area (Å²) < 4.78 is 16.9. The predicted molar refractivity (Wildman–Crippen MR) is 339 cm³/mol. The molecule has 78 heavy (non-hydrogen) atoms. The van der Waals surface area contributed by atoms with Gasteiger partial charge < -0.3 is 14.2 Å². The van der Waals surface area contributed by atoms with Gasteiger partial charge in [-0.1, -0.05) is 278 Å². The molecule has 0 saturated heterocycles. The predicted octanol–water partition coefficient (Wildman–Crippen LogP) is 22.6. The molecule has 0 aromatic carbocycles. The average molecular weight is 1080 g/mol. The zero-order chi connectivity index (χ0) is 56.4. The van der Waals surface area contributed by atoms with E-state index in [1.165, 1.54) is 154 Å². The van der Waals surface area contributed by atoms with E-state index in [9.17, 15) is 14.4 Å². The Morgan fingerprint density at radius 1 is 0.269 bits per heavy atom. The Bertz CT molecular complexity index is 1570. The summed E-state index contributed by atoms with van der Waals surface area (Å²) in [5.41, 5.74) is 0. The summed E-state index contributed by atoms with van der Waals surface area (Å²) in [7, 11) is 0. The number of carbonyl (C=O) groups excluding carboxylic acids is 3. The fourth-order valence-corrected chi connectivity index (χ4v) is 9.07. The van der Waals surface area contributed by atoms with Crippen LogP contribution >= 0.6 is 0 Å². The molecule has 0 aromatic heterocycles. The van der Waals surface area contributed by atoms with Gasteiger partial charge in [0, 0.05) is 19.3 Å². The molecule has 0 radical (unpaired) electrons. The summed E-state index contributed by atoms with van der Waals surface area (Å²) in [5, 5.41) is 0. The molecule has 0 N–H and O–H groups in total. The van der Waals surface area contributed by atoms with Gasteiger partial charge in [0.15, 0.2) is 6.10 Å². The van der Waals surface area contributed by atoms with Gasteiger partial charge in [-0.25, -0.2) is 0 Å². The minimum absolute atomic E-state index is 0.105. The smallest absolute Gasteiger partial charge is 0.306 e. The van der Waals surface area contributed by atoms with Crippen LogP contribution in [-0.2, 0) is 28.6 Å². The van der Waals surface area contributed by atoms with E-state index in [2.05, 4.69) is 130 Å². The molecule has 0 aliphatic heterocycles. The van der Waals surface area contributed by atoms with Gasteiger partial charge in [-0.2, -0.15) is 0 Å². The van der Waals surface area contributed by atoms with Gasteiger partial charge in [0.25, 0.3) is 0 Å². The zero-order valence-electron chi connectivity index (χ0n) is 51.2. The number of carbonyl (C=O) groups is 3. The van der Waals surface area contributed by atoms with Crippen molar-refractivity contribution < 1.29 is 28.6 Å². The summed E-state index contributed by atoms with van der Waals surface area (Å²) in [6, 6.07) is 0. The molecule has 0 saturated carbocycles. The highest BCUT2D eigenvalue weighted by atomic mass is 16.6. The van der Waals surface area contributed by atoms with Gasteiger partial charge in [0.1, 0.15) is 13.2 Å².